The van der Waals surface area contributed by atoms with Crippen molar-refractivity contribution in [2.75, 3.05) is 0 Å². The highest BCUT2D eigenvalue weighted by Crippen LogP contribution is 2.15. The van der Waals surface area contributed by atoms with Crippen molar-refractivity contribution in [3.8, 4) is 0 Å². The molecule has 0 bridgehead atoms. The molecule has 0 N–H and O–H groups in total. The molecular weight excluding hydrogens is 232 g/mol. The first-order valence-corrected chi connectivity index (χ1v) is 4.49. The van der Waals surface area contributed by atoms with Crippen LogP contribution in [0, 0.1) is 0 Å². The van der Waals surface area contributed by atoms with Crippen LogP contribution in [0.15, 0.2) is 12.7 Å². The van der Waals surface area contributed by atoms with Gasteiger partial charge in [0.15, 0.2) is 0 Å². The summed E-state index contributed by atoms with van der Waals surface area (Å²) in [7, 11) is 0. The summed E-state index contributed by atoms with van der Waals surface area (Å²) >= 11 is 6.77. The van der Waals surface area contributed by atoms with Crippen LogP contribution in [0.5, 0.6) is 0 Å². The third-order valence-corrected chi connectivity index (χ3v) is 1.75. The van der Waals surface area contributed by atoms with E-state index in [1.54, 1.807) is 0 Å². The predicted molar refractivity (Wildman–Crippen MR) is 45.7 cm³/mol. The van der Waals surface area contributed by atoms with Gasteiger partial charge in [0, 0.05) is 0 Å². The topological polar surface area (TPSA) is 0 Å². The summed E-state index contributed by atoms with van der Waals surface area (Å²) in [6, 6.07) is 0. The average Bonchev–Trinajstić information content (AvgIpc) is 1.66. The van der Waals surface area contributed by atoms with Crippen LogP contribution in [-0.2, 0) is 0 Å². The Hall–Kier alpha value is 0.700. The summed E-state index contributed by atoms with van der Waals surface area (Å²) in [5, 5.41) is 0. The maximum Gasteiger partial charge on any atom is 0.0698 e. The minimum atomic E-state index is 0.481. The maximum absolute atomic E-state index is 3.63. The highest BCUT2D eigenvalue weighted by molar-refractivity contribution is 9.24. The largest absolute Gasteiger partial charge is 0.103 e. The van der Waals surface area contributed by atoms with Gasteiger partial charge in [-0.15, -0.1) is 6.58 Å². The summed E-state index contributed by atoms with van der Waals surface area (Å²) in [6.07, 6.45) is 5.45. The van der Waals surface area contributed by atoms with Gasteiger partial charge in [-0.1, -0.05) is 37.9 Å². The zero-order valence-electron chi connectivity index (χ0n) is 4.74. The first-order valence-electron chi connectivity index (χ1n) is 2.66. The zero-order valence-corrected chi connectivity index (χ0v) is 7.91. The molecule has 0 aromatic rings. The molecule has 0 aliphatic carbocycles. The Balaban J connectivity index is 2.81. The fourth-order valence-corrected chi connectivity index (χ4v) is 1.06. The third kappa shape index (κ3) is 6.70. The second kappa shape index (κ2) is 5.83. The zero-order chi connectivity index (χ0) is 6.41. The number of rotatable bonds is 4. The van der Waals surface area contributed by atoms with Gasteiger partial charge in [0.2, 0.25) is 0 Å². The van der Waals surface area contributed by atoms with Crippen molar-refractivity contribution in [1.29, 1.82) is 0 Å². The Morgan fingerprint density at radius 2 is 2.12 bits per heavy atom. The molecule has 0 saturated heterocycles. The highest BCUT2D eigenvalue weighted by atomic mass is 79.9. The molecule has 0 heterocycles. The van der Waals surface area contributed by atoms with Gasteiger partial charge in [-0.25, -0.2) is 0 Å². The normalized spacial score (nSPS) is 9.88. The van der Waals surface area contributed by atoms with Crippen LogP contribution in [0.2, 0.25) is 0 Å². The van der Waals surface area contributed by atoms with E-state index >= 15 is 0 Å². The molecule has 0 spiro atoms. The summed E-state index contributed by atoms with van der Waals surface area (Å²) in [5.41, 5.74) is 0. The van der Waals surface area contributed by atoms with Crippen LogP contribution in [0.4, 0.5) is 0 Å². The Morgan fingerprint density at radius 3 is 2.50 bits per heavy atom. The molecule has 0 aromatic carbocycles. The van der Waals surface area contributed by atoms with Crippen molar-refractivity contribution < 1.29 is 0 Å². The van der Waals surface area contributed by atoms with Crippen molar-refractivity contribution in [3.05, 3.63) is 12.7 Å². The Labute approximate surface area is 67.6 Å². The molecule has 0 fully saturated rings. The van der Waals surface area contributed by atoms with E-state index in [-0.39, 0.29) is 0 Å². The van der Waals surface area contributed by atoms with Crippen LogP contribution < -0.4 is 0 Å². The van der Waals surface area contributed by atoms with E-state index in [9.17, 15) is 0 Å². The summed E-state index contributed by atoms with van der Waals surface area (Å²) < 4.78 is 0.481. The lowest BCUT2D eigenvalue weighted by Crippen LogP contribution is -1.82. The molecule has 0 amide bonds. The second-order valence-electron chi connectivity index (χ2n) is 1.61. The minimum absolute atomic E-state index is 0.481. The highest BCUT2D eigenvalue weighted by Gasteiger charge is 1.93. The summed E-state index contributed by atoms with van der Waals surface area (Å²) in [4.78, 5) is 0. The van der Waals surface area contributed by atoms with E-state index in [1.807, 2.05) is 6.08 Å². The molecule has 2 heteroatoms. The van der Waals surface area contributed by atoms with Crippen LogP contribution in [0.1, 0.15) is 19.3 Å². The van der Waals surface area contributed by atoms with Crippen molar-refractivity contribution in [2.45, 2.75) is 23.0 Å². The lowest BCUT2D eigenvalue weighted by atomic mass is 10.2. The van der Waals surface area contributed by atoms with E-state index in [0.29, 0.717) is 3.74 Å². The summed E-state index contributed by atoms with van der Waals surface area (Å²) in [5.74, 6) is 0. The number of unbranched alkanes of at least 4 members (excludes halogenated alkanes) is 1. The lowest BCUT2D eigenvalue weighted by molar-refractivity contribution is 0.814. The molecule has 0 rings (SSSR count). The van der Waals surface area contributed by atoms with E-state index in [1.165, 1.54) is 12.8 Å². The second-order valence-corrected chi connectivity index (χ2v) is 5.05. The fraction of sp³-hybridized carbons (Fsp3) is 0.667. The van der Waals surface area contributed by atoms with Gasteiger partial charge in [0.25, 0.3) is 0 Å². The van der Waals surface area contributed by atoms with Gasteiger partial charge >= 0.3 is 0 Å². The number of hydrogen-bond donors (Lipinski definition) is 0. The molecule has 0 nitrogen and oxygen atoms in total. The number of alkyl halides is 2. The molecule has 0 aromatic heterocycles. The SMILES string of the molecule is C=CCCCC(Br)Br. The fourth-order valence-electron chi connectivity index (χ4n) is 0.416. The van der Waals surface area contributed by atoms with Crippen molar-refractivity contribution in [3.63, 3.8) is 0 Å². The van der Waals surface area contributed by atoms with E-state index in [0.717, 1.165) is 6.42 Å². The van der Waals surface area contributed by atoms with Gasteiger partial charge in [-0.2, -0.15) is 0 Å². The lowest BCUT2D eigenvalue weighted by Gasteiger charge is -1.95. The van der Waals surface area contributed by atoms with Gasteiger partial charge in [-0.05, 0) is 19.3 Å². The van der Waals surface area contributed by atoms with Gasteiger partial charge in [0.05, 0.1) is 3.74 Å². The van der Waals surface area contributed by atoms with E-state index in [4.69, 9.17) is 0 Å². The van der Waals surface area contributed by atoms with Crippen LogP contribution in [0.3, 0.4) is 0 Å². The smallest absolute Gasteiger partial charge is 0.0698 e. The molecule has 0 aliphatic rings. The molecule has 48 valence electrons. The Morgan fingerprint density at radius 1 is 1.50 bits per heavy atom. The van der Waals surface area contributed by atoms with Crippen LogP contribution in [-0.4, -0.2) is 3.74 Å². The molecular formula is C6H10Br2. The van der Waals surface area contributed by atoms with Crippen molar-refractivity contribution in [1.82, 2.24) is 0 Å². The first kappa shape index (κ1) is 8.70. The van der Waals surface area contributed by atoms with Crippen molar-refractivity contribution >= 4 is 31.9 Å². The number of halogens is 2. The van der Waals surface area contributed by atoms with Gasteiger partial charge < -0.3 is 0 Å². The molecule has 8 heavy (non-hydrogen) atoms. The monoisotopic (exact) mass is 240 g/mol. The molecule has 0 saturated carbocycles. The number of hydrogen-bond acceptors (Lipinski definition) is 0. The van der Waals surface area contributed by atoms with Crippen molar-refractivity contribution in [2.24, 2.45) is 0 Å². The maximum atomic E-state index is 3.63. The quantitative estimate of drug-likeness (QED) is 0.402. The molecule has 0 unspecified atom stereocenters. The Kier molecular flexibility index (Phi) is 6.34. The standard InChI is InChI=1S/C6H10Br2/c1-2-3-4-5-6(7)8/h2,6H,1,3-5H2. The molecule has 0 radical (unpaired) electrons. The average molecular weight is 242 g/mol. The minimum Gasteiger partial charge on any atom is -0.103 e. The predicted octanol–water partition coefficient (Wildman–Crippen LogP) is 3.46. The first-order chi connectivity index (χ1) is 3.77. The Bertz CT molecular complexity index is 59.5. The molecule has 0 atom stereocenters. The summed E-state index contributed by atoms with van der Waals surface area (Å²) in [6.45, 7) is 3.63. The number of allylic oxidation sites excluding steroid dienone is 1. The van der Waals surface area contributed by atoms with Crippen LogP contribution >= 0.6 is 31.9 Å². The van der Waals surface area contributed by atoms with Gasteiger partial charge in [0.1, 0.15) is 0 Å². The van der Waals surface area contributed by atoms with Crippen LogP contribution in [0.25, 0.3) is 0 Å². The molecule has 0 aliphatic heterocycles. The van der Waals surface area contributed by atoms with Gasteiger partial charge in [-0.3, -0.25) is 0 Å². The third-order valence-electron chi connectivity index (χ3n) is 0.831. The van der Waals surface area contributed by atoms with E-state index < -0.39 is 0 Å². The van der Waals surface area contributed by atoms with E-state index in [2.05, 4.69) is 38.4 Å².